The lowest BCUT2D eigenvalue weighted by atomic mass is 9.69. The van der Waals surface area contributed by atoms with Gasteiger partial charge in [0, 0.05) is 11.0 Å². The minimum absolute atomic E-state index is 0.344. The second-order valence-electron chi connectivity index (χ2n) is 5.27. The molecule has 112 valence electrons. The lowest BCUT2D eigenvalue weighted by molar-refractivity contribution is 0.0694. The van der Waals surface area contributed by atoms with E-state index in [0.29, 0.717) is 10.0 Å². The zero-order chi connectivity index (χ0) is 15.5. The van der Waals surface area contributed by atoms with Gasteiger partial charge in [-0.3, -0.25) is 0 Å². The smallest absolute Gasteiger partial charge is 0.143 e. The molecule has 0 spiro atoms. The van der Waals surface area contributed by atoms with E-state index in [1.54, 1.807) is 18.2 Å². The number of aliphatic hydroxyl groups excluding tert-OH is 1. The summed E-state index contributed by atoms with van der Waals surface area (Å²) in [6.07, 6.45) is 0.591. The maximum Gasteiger partial charge on any atom is 0.143 e. The lowest BCUT2D eigenvalue weighted by Crippen LogP contribution is -2.33. The van der Waals surface area contributed by atoms with Crippen LogP contribution in [0.5, 0.6) is 0 Å². The standard InChI is InChI=1S/C18H20BrFO/c1-3-18(4-2,13-9-6-5-7-10-13)17(21)14-11-8-12-15(19)16(14)20/h5-12,17,21H,3-4H2,1-2H3. The average Bonchev–Trinajstić information content (AvgIpc) is 2.53. The van der Waals surface area contributed by atoms with Crippen LogP contribution in [0, 0.1) is 5.82 Å². The molecular weight excluding hydrogens is 331 g/mol. The van der Waals surface area contributed by atoms with E-state index >= 15 is 0 Å². The molecule has 0 saturated heterocycles. The highest BCUT2D eigenvalue weighted by Crippen LogP contribution is 2.44. The van der Waals surface area contributed by atoms with Gasteiger partial charge >= 0.3 is 0 Å². The van der Waals surface area contributed by atoms with Crippen LogP contribution in [0.3, 0.4) is 0 Å². The summed E-state index contributed by atoms with van der Waals surface area (Å²) < 4.78 is 14.7. The molecule has 0 bridgehead atoms. The molecule has 1 N–H and O–H groups in total. The van der Waals surface area contributed by atoms with Crippen LogP contribution in [0.25, 0.3) is 0 Å². The Balaban J connectivity index is 2.55. The van der Waals surface area contributed by atoms with Crippen LogP contribution in [-0.2, 0) is 5.41 Å². The summed E-state index contributed by atoms with van der Waals surface area (Å²) in [6, 6.07) is 14.9. The first-order valence-electron chi connectivity index (χ1n) is 7.24. The molecule has 0 aromatic heterocycles. The quantitative estimate of drug-likeness (QED) is 0.767. The van der Waals surface area contributed by atoms with Crippen LogP contribution in [0.4, 0.5) is 4.39 Å². The summed E-state index contributed by atoms with van der Waals surface area (Å²) in [5.41, 5.74) is 0.905. The normalized spacial score (nSPS) is 13.2. The van der Waals surface area contributed by atoms with Gasteiger partial charge in [-0.05, 0) is 40.4 Å². The van der Waals surface area contributed by atoms with E-state index in [0.717, 1.165) is 18.4 Å². The van der Waals surface area contributed by atoms with Gasteiger partial charge in [-0.25, -0.2) is 4.39 Å². The highest BCUT2D eigenvalue weighted by atomic mass is 79.9. The number of rotatable bonds is 5. The molecule has 2 rings (SSSR count). The van der Waals surface area contributed by atoms with Crippen LogP contribution in [0.2, 0.25) is 0 Å². The van der Waals surface area contributed by atoms with Gasteiger partial charge in [0.1, 0.15) is 5.82 Å². The van der Waals surface area contributed by atoms with Crippen LogP contribution in [0.1, 0.15) is 43.9 Å². The Labute approximate surface area is 134 Å². The fourth-order valence-electron chi connectivity index (χ4n) is 3.00. The lowest BCUT2D eigenvalue weighted by Gasteiger charge is -2.37. The van der Waals surface area contributed by atoms with Gasteiger partial charge in [-0.15, -0.1) is 0 Å². The maximum atomic E-state index is 14.4. The van der Waals surface area contributed by atoms with Crippen LogP contribution < -0.4 is 0 Å². The molecule has 0 aliphatic heterocycles. The molecule has 2 aromatic rings. The molecule has 0 fully saturated rings. The Hall–Kier alpha value is -1.19. The van der Waals surface area contributed by atoms with Crippen molar-refractivity contribution in [1.29, 1.82) is 0 Å². The number of benzene rings is 2. The van der Waals surface area contributed by atoms with Gasteiger partial charge in [0.2, 0.25) is 0 Å². The Morgan fingerprint density at radius 3 is 2.24 bits per heavy atom. The Morgan fingerprint density at radius 2 is 1.67 bits per heavy atom. The van der Waals surface area contributed by atoms with Crippen molar-refractivity contribution < 1.29 is 9.50 Å². The number of hydrogen-bond acceptors (Lipinski definition) is 1. The predicted molar refractivity (Wildman–Crippen MR) is 87.8 cm³/mol. The topological polar surface area (TPSA) is 20.2 Å². The number of halogens is 2. The monoisotopic (exact) mass is 350 g/mol. The average molecular weight is 351 g/mol. The van der Waals surface area contributed by atoms with Gasteiger partial charge in [-0.2, -0.15) is 0 Å². The Morgan fingerprint density at radius 1 is 1.05 bits per heavy atom. The number of aliphatic hydroxyl groups is 1. The second-order valence-corrected chi connectivity index (χ2v) is 6.13. The molecule has 0 saturated carbocycles. The van der Waals surface area contributed by atoms with E-state index in [4.69, 9.17) is 0 Å². The predicted octanol–water partition coefficient (Wildman–Crippen LogP) is 5.38. The van der Waals surface area contributed by atoms with Crippen molar-refractivity contribution in [2.45, 2.75) is 38.2 Å². The van der Waals surface area contributed by atoms with E-state index in [9.17, 15) is 9.50 Å². The second kappa shape index (κ2) is 6.71. The van der Waals surface area contributed by atoms with Crippen molar-refractivity contribution in [1.82, 2.24) is 0 Å². The molecule has 1 nitrogen and oxygen atoms in total. The highest BCUT2D eigenvalue weighted by Gasteiger charge is 2.38. The van der Waals surface area contributed by atoms with E-state index in [2.05, 4.69) is 15.9 Å². The van der Waals surface area contributed by atoms with Crippen molar-refractivity contribution in [3.05, 3.63) is 69.9 Å². The SMILES string of the molecule is CCC(CC)(c1ccccc1)C(O)c1cccc(Br)c1F. The van der Waals surface area contributed by atoms with Crippen molar-refractivity contribution >= 4 is 15.9 Å². The summed E-state index contributed by atoms with van der Waals surface area (Å²) in [7, 11) is 0. The first kappa shape index (κ1) is 16.2. The largest absolute Gasteiger partial charge is 0.387 e. The molecule has 0 aliphatic carbocycles. The van der Waals surface area contributed by atoms with Crippen molar-refractivity contribution in [2.24, 2.45) is 0 Å². The highest BCUT2D eigenvalue weighted by molar-refractivity contribution is 9.10. The Kier molecular flexibility index (Phi) is 5.17. The van der Waals surface area contributed by atoms with Gasteiger partial charge < -0.3 is 5.11 Å². The third kappa shape index (κ3) is 2.90. The summed E-state index contributed by atoms with van der Waals surface area (Å²) >= 11 is 3.20. The molecule has 0 amide bonds. The van der Waals surface area contributed by atoms with E-state index < -0.39 is 11.5 Å². The molecule has 1 atom stereocenters. The third-order valence-electron chi connectivity index (χ3n) is 4.41. The van der Waals surface area contributed by atoms with Crippen molar-refractivity contribution in [3.8, 4) is 0 Å². The molecule has 0 aliphatic rings. The summed E-state index contributed by atoms with van der Waals surface area (Å²) in [5, 5.41) is 10.9. The van der Waals surface area contributed by atoms with Crippen LogP contribution >= 0.6 is 15.9 Å². The zero-order valence-corrected chi connectivity index (χ0v) is 13.9. The number of hydrogen-bond donors (Lipinski definition) is 1. The minimum Gasteiger partial charge on any atom is -0.387 e. The molecule has 0 radical (unpaired) electrons. The summed E-state index contributed by atoms with van der Waals surface area (Å²) in [5.74, 6) is -0.382. The van der Waals surface area contributed by atoms with Crippen LogP contribution in [-0.4, -0.2) is 5.11 Å². The van der Waals surface area contributed by atoms with E-state index in [-0.39, 0.29) is 5.82 Å². The fraction of sp³-hybridized carbons (Fsp3) is 0.333. The van der Waals surface area contributed by atoms with Crippen molar-refractivity contribution in [3.63, 3.8) is 0 Å². The van der Waals surface area contributed by atoms with Crippen molar-refractivity contribution in [2.75, 3.05) is 0 Å². The summed E-state index contributed by atoms with van der Waals surface area (Å²) in [6.45, 7) is 4.07. The molecule has 21 heavy (non-hydrogen) atoms. The van der Waals surface area contributed by atoms with Gasteiger partial charge in [0.15, 0.2) is 0 Å². The summed E-state index contributed by atoms with van der Waals surface area (Å²) in [4.78, 5) is 0. The van der Waals surface area contributed by atoms with Gasteiger partial charge in [0.25, 0.3) is 0 Å². The minimum atomic E-state index is -0.882. The van der Waals surface area contributed by atoms with Gasteiger partial charge in [-0.1, -0.05) is 56.3 Å². The van der Waals surface area contributed by atoms with E-state index in [1.807, 2.05) is 44.2 Å². The zero-order valence-electron chi connectivity index (χ0n) is 12.3. The fourth-order valence-corrected chi connectivity index (χ4v) is 3.38. The molecule has 2 aromatic carbocycles. The van der Waals surface area contributed by atoms with Crippen LogP contribution in [0.15, 0.2) is 53.0 Å². The maximum absolute atomic E-state index is 14.4. The van der Waals surface area contributed by atoms with Gasteiger partial charge in [0.05, 0.1) is 10.6 Å². The first-order valence-corrected chi connectivity index (χ1v) is 8.03. The Bertz CT molecular complexity index is 593. The molecular formula is C18H20BrFO. The molecule has 0 heterocycles. The third-order valence-corrected chi connectivity index (χ3v) is 5.02. The molecule has 3 heteroatoms. The molecule has 1 unspecified atom stereocenters. The van der Waals surface area contributed by atoms with E-state index in [1.165, 1.54) is 0 Å². The first-order chi connectivity index (χ1) is 10.1.